The van der Waals surface area contributed by atoms with E-state index < -0.39 is 0 Å². The van der Waals surface area contributed by atoms with E-state index in [1.54, 1.807) is 0 Å². The van der Waals surface area contributed by atoms with Crippen LogP contribution in [0, 0.1) is 5.92 Å². The van der Waals surface area contributed by atoms with Crippen LogP contribution < -0.4 is 0 Å². The van der Waals surface area contributed by atoms with E-state index in [-0.39, 0.29) is 0 Å². The highest BCUT2D eigenvalue weighted by Crippen LogP contribution is 2.08. The summed E-state index contributed by atoms with van der Waals surface area (Å²) in [4.78, 5) is 20.4. The minimum atomic E-state index is 0.324. The summed E-state index contributed by atoms with van der Waals surface area (Å²) >= 11 is 0. The van der Waals surface area contributed by atoms with Crippen molar-refractivity contribution >= 4 is 12.6 Å². The van der Waals surface area contributed by atoms with Crippen LogP contribution >= 0.6 is 0 Å². The van der Waals surface area contributed by atoms with Crippen LogP contribution in [0.15, 0.2) is 36.0 Å². The smallest absolute Gasteiger partial charge is 0.145 e. The van der Waals surface area contributed by atoms with Crippen LogP contribution in [0.2, 0.25) is 0 Å². The van der Waals surface area contributed by atoms with Crippen molar-refractivity contribution in [2.45, 2.75) is 139 Å². The summed E-state index contributed by atoms with van der Waals surface area (Å²) in [6.07, 6.45) is 27.9. The van der Waals surface area contributed by atoms with Crippen LogP contribution in [0.25, 0.3) is 0 Å². The van der Waals surface area contributed by atoms with Gasteiger partial charge in [0.05, 0.1) is 0 Å². The lowest BCUT2D eigenvalue weighted by Crippen LogP contribution is -1.98. The second-order valence-electron chi connectivity index (χ2n) is 7.87. The average molecular weight is 451 g/mol. The Kier molecular flexibility index (Phi) is 47.3. The van der Waals surface area contributed by atoms with E-state index in [1.165, 1.54) is 51.4 Å². The van der Waals surface area contributed by atoms with Gasteiger partial charge in [0.2, 0.25) is 0 Å². The van der Waals surface area contributed by atoms with Gasteiger partial charge < -0.3 is 4.79 Å². The summed E-state index contributed by atoms with van der Waals surface area (Å²) in [5, 5.41) is 0. The molecule has 2 heteroatoms. The third-order valence-corrected chi connectivity index (χ3v) is 4.72. The molecule has 0 aromatic heterocycles. The van der Waals surface area contributed by atoms with Gasteiger partial charge in [0, 0.05) is 5.92 Å². The molecule has 0 heterocycles. The Morgan fingerprint density at radius 3 is 1.72 bits per heavy atom. The molecule has 0 aromatic rings. The van der Waals surface area contributed by atoms with Crippen LogP contribution in [-0.2, 0) is 9.59 Å². The van der Waals surface area contributed by atoms with Gasteiger partial charge in [-0.3, -0.25) is 4.79 Å². The van der Waals surface area contributed by atoms with Gasteiger partial charge in [0.25, 0.3) is 0 Å². The fraction of sp³-hybridized carbons (Fsp3) is 0.733. The first-order valence-corrected chi connectivity index (χ1v) is 13.4. The lowest BCUT2D eigenvalue weighted by atomic mass is 10.0. The Morgan fingerprint density at radius 2 is 1.34 bits per heavy atom. The minimum absolute atomic E-state index is 0.324. The number of hydrogen-bond donors (Lipinski definition) is 0. The summed E-state index contributed by atoms with van der Waals surface area (Å²) in [5.41, 5.74) is 0.928. The third-order valence-electron chi connectivity index (χ3n) is 4.72. The molecule has 0 rings (SSSR count). The molecule has 0 aliphatic rings. The highest BCUT2D eigenvalue weighted by molar-refractivity contribution is 5.72. The molecule has 0 saturated heterocycles. The van der Waals surface area contributed by atoms with Crippen molar-refractivity contribution < 1.29 is 9.59 Å². The van der Waals surface area contributed by atoms with Gasteiger partial charge in [-0.15, -0.1) is 0 Å². The molecule has 0 N–H and O–H groups in total. The fourth-order valence-electron chi connectivity index (χ4n) is 2.38. The van der Waals surface area contributed by atoms with Crippen molar-refractivity contribution in [1.29, 1.82) is 0 Å². The quantitative estimate of drug-likeness (QED) is 0.108. The molecule has 0 aromatic carbocycles. The highest BCUT2D eigenvalue weighted by atomic mass is 16.1. The fourth-order valence-corrected chi connectivity index (χ4v) is 2.38. The third kappa shape index (κ3) is 42.6. The first kappa shape index (κ1) is 37.9. The van der Waals surface area contributed by atoms with Crippen LogP contribution in [-0.4, -0.2) is 12.6 Å². The zero-order valence-electron chi connectivity index (χ0n) is 23.1. The number of unbranched alkanes of at least 4 members (excludes halogenated alkanes) is 5. The summed E-state index contributed by atoms with van der Waals surface area (Å²) in [6.45, 7) is 16.9. The normalized spacial score (nSPS) is 11.6. The van der Waals surface area contributed by atoms with Crippen molar-refractivity contribution in [2.24, 2.45) is 5.92 Å². The standard InChI is InChI=1S/C8H16O.C8H14O.2C7H14/c2*1-3-5-6-8(4-2)7-9;2*1-3-5-7-6-4-2/h7-8H,3-6H2,1-2H3;6-7H,3-5H2,1-2H3;5,7H,3-4,6H2,1-2H3;3,5H,4,6-7H2,1-2H3/b;8-6+;7-5-;5-3-. The van der Waals surface area contributed by atoms with Gasteiger partial charge in [-0.25, -0.2) is 0 Å². The number of carbonyl (C=O) groups excluding carboxylic acids is 2. The molecule has 0 spiro atoms. The van der Waals surface area contributed by atoms with Gasteiger partial charge >= 0.3 is 0 Å². The second-order valence-corrected chi connectivity index (χ2v) is 7.87. The Labute approximate surface area is 203 Å². The lowest BCUT2D eigenvalue weighted by Gasteiger charge is -2.03. The van der Waals surface area contributed by atoms with Gasteiger partial charge in [-0.1, -0.05) is 117 Å². The van der Waals surface area contributed by atoms with Gasteiger partial charge in [0.1, 0.15) is 12.6 Å². The maximum atomic E-state index is 10.2. The molecule has 0 aliphatic carbocycles. The van der Waals surface area contributed by atoms with Crippen molar-refractivity contribution in [3.63, 3.8) is 0 Å². The second kappa shape index (κ2) is 40.0. The molecular weight excluding hydrogens is 392 g/mol. The van der Waals surface area contributed by atoms with Crippen LogP contribution in [0.5, 0.6) is 0 Å². The van der Waals surface area contributed by atoms with Gasteiger partial charge in [0.15, 0.2) is 0 Å². The molecule has 0 amide bonds. The molecular formula is C30H58O2. The average Bonchev–Trinajstić information content (AvgIpc) is 2.82. The van der Waals surface area contributed by atoms with Crippen molar-refractivity contribution in [3.8, 4) is 0 Å². The maximum Gasteiger partial charge on any atom is 0.145 e. The molecule has 2 nitrogen and oxygen atoms in total. The van der Waals surface area contributed by atoms with Crippen LogP contribution in [0.3, 0.4) is 0 Å². The topological polar surface area (TPSA) is 34.1 Å². The zero-order chi connectivity index (χ0) is 25.3. The van der Waals surface area contributed by atoms with Crippen molar-refractivity contribution in [3.05, 3.63) is 36.0 Å². The van der Waals surface area contributed by atoms with Crippen molar-refractivity contribution in [1.82, 2.24) is 0 Å². The van der Waals surface area contributed by atoms with E-state index in [0.717, 1.165) is 50.2 Å². The Bertz CT molecular complexity index is 419. The Balaban J connectivity index is -0.000000165. The SMILES string of the molecule is C/C=C\CCCC.CC/C=C\CCC.CCC/C=C(/C=O)CC.CCCCC(C=O)CC. The van der Waals surface area contributed by atoms with Gasteiger partial charge in [-0.05, 0) is 57.4 Å². The molecule has 1 atom stereocenters. The van der Waals surface area contributed by atoms with E-state index in [2.05, 4.69) is 72.8 Å². The monoisotopic (exact) mass is 450 g/mol. The highest BCUT2D eigenvalue weighted by Gasteiger charge is 2.01. The van der Waals surface area contributed by atoms with E-state index in [0.29, 0.717) is 5.92 Å². The predicted octanol–water partition coefficient (Wildman–Crippen LogP) is 10.2. The number of aldehydes is 2. The van der Waals surface area contributed by atoms with Crippen molar-refractivity contribution in [2.75, 3.05) is 0 Å². The van der Waals surface area contributed by atoms with E-state index in [1.807, 2.05) is 13.0 Å². The summed E-state index contributed by atoms with van der Waals surface area (Å²) < 4.78 is 0. The van der Waals surface area contributed by atoms with Crippen LogP contribution in [0.1, 0.15) is 139 Å². The van der Waals surface area contributed by atoms with E-state index >= 15 is 0 Å². The molecule has 0 bridgehead atoms. The summed E-state index contributed by atoms with van der Waals surface area (Å²) in [5.74, 6) is 0.324. The first-order chi connectivity index (χ1) is 15.5. The first-order valence-electron chi connectivity index (χ1n) is 13.4. The van der Waals surface area contributed by atoms with Gasteiger partial charge in [-0.2, -0.15) is 0 Å². The van der Waals surface area contributed by atoms with Crippen LogP contribution in [0.4, 0.5) is 0 Å². The van der Waals surface area contributed by atoms with E-state index in [4.69, 9.17) is 0 Å². The molecule has 0 fully saturated rings. The Hall–Kier alpha value is -1.44. The maximum absolute atomic E-state index is 10.2. The zero-order valence-corrected chi connectivity index (χ0v) is 23.1. The minimum Gasteiger partial charge on any atom is -0.303 e. The molecule has 0 saturated carbocycles. The Morgan fingerprint density at radius 1 is 0.719 bits per heavy atom. The molecule has 0 aliphatic heterocycles. The number of hydrogen-bond acceptors (Lipinski definition) is 2. The number of carbonyl (C=O) groups is 2. The number of rotatable bonds is 15. The van der Waals surface area contributed by atoms with E-state index in [9.17, 15) is 9.59 Å². The molecule has 0 radical (unpaired) electrons. The largest absolute Gasteiger partial charge is 0.303 e. The lowest BCUT2D eigenvalue weighted by molar-refractivity contribution is -0.111. The summed E-state index contributed by atoms with van der Waals surface area (Å²) in [6, 6.07) is 0. The molecule has 1 unspecified atom stereocenters. The summed E-state index contributed by atoms with van der Waals surface area (Å²) in [7, 11) is 0. The number of allylic oxidation sites excluding steroid dienone is 6. The molecule has 32 heavy (non-hydrogen) atoms. The predicted molar refractivity (Wildman–Crippen MR) is 147 cm³/mol. The molecule has 190 valence electrons.